The monoisotopic (exact) mass is 288 g/mol. The van der Waals surface area contributed by atoms with Gasteiger partial charge in [0.1, 0.15) is 16.9 Å². The number of rotatable bonds is 1. The first kappa shape index (κ1) is 12.7. The molecule has 3 heteroatoms. The lowest BCUT2D eigenvalue weighted by atomic mass is 10.0. The Morgan fingerprint density at radius 1 is 0.727 bits per heavy atom. The Morgan fingerprint density at radius 3 is 2.36 bits per heavy atom. The van der Waals surface area contributed by atoms with Gasteiger partial charge in [0, 0.05) is 0 Å². The smallest absolute Gasteiger partial charge is 0.200 e. The number of benzene rings is 3. The van der Waals surface area contributed by atoms with Crippen LogP contribution in [0.25, 0.3) is 33.1 Å². The second kappa shape index (κ2) is 4.74. The summed E-state index contributed by atoms with van der Waals surface area (Å²) in [7, 11) is 0. The van der Waals surface area contributed by atoms with Crippen molar-refractivity contribution in [1.82, 2.24) is 0 Å². The molecule has 0 fully saturated rings. The fraction of sp³-hybridized carbons (Fsp3) is 0. The van der Waals surface area contributed by atoms with Crippen LogP contribution in [0.15, 0.2) is 75.9 Å². The average Bonchev–Trinajstić information content (AvgIpc) is 2.55. The first-order valence-corrected chi connectivity index (χ1v) is 6.97. The lowest BCUT2D eigenvalue weighted by molar-refractivity contribution is 0.475. The summed E-state index contributed by atoms with van der Waals surface area (Å²) in [5.74, 6) is 0.206. The highest BCUT2D eigenvalue weighted by Crippen LogP contribution is 2.27. The fourth-order valence-electron chi connectivity index (χ4n) is 2.67. The predicted octanol–water partition coefficient (Wildman–Crippen LogP) is 4.32. The zero-order chi connectivity index (χ0) is 15.1. The summed E-state index contributed by atoms with van der Waals surface area (Å²) >= 11 is 0. The third-order valence-corrected chi connectivity index (χ3v) is 3.76. The van der Waals surface area contributed by atoms with Crippen molar-refractivity contribution in [2.75, 3.05) is 0 Å². The molecule has 0 radical (unpaired) electrons. The first-order valence-electron chi connectivity index (χ1n) is 6.97. The van der Waals surface area contributed by atoms with Gasteiger partial charge in [-0.2, -0.15) is 0 Å². The third kappa shape index (κ3) is 1.95. The molecule has 1 N–H and O–H groups in total. The van der Waals surface area contributed by atoms with Gasteiger partial charge in [-0.1, -0.05) is 30.3 Å². The second-order valence-electron chi connectivity index (χ2n) is 5.19. The van der Waals surface area contributed by atoms with Crippen molar-refractivity contribution in [2.24, 2.45) is 0 Å². The van der Waals surface area contributed by atoms with Gasteiger partial charge in [0.25, 0.3) is 0 Å². The molecule has 3 nitrogen and oxygen atoms in total. The number of para-hydroxylation sites is 1. The largest absolute Gasteiger partial charge is 0.508 e. The van der Waals surface area contributed by atoms with Gasteiger partial charge in [-0.25, -0.2) is 0 Å². The van der Waals surface area contributed by atoms with Gasteiger partial charge < -0.3 is 9.52 Å². The van der Waals surface area contributed by atoms with Crippen LogP contribution in [0.2, 0.25) is 0 Å². The Kier molecular flexibility index (Phi) is 2.73. The van der Waals surface area contributed by atoms with Crippen LogP contribution < -0.4 is 5.43 Å². The fourth-order valence-corrected chi connectivity index (χ4v) is 2.67. The van der Waals surface area contributed by atoms with Crippen LogP contribution >= 0.6 is 0 Å². The Bertz CT molecular complexity index is 1060. The zero-order valence-electron chi connectivity index (χ0n) is 11.6. The summed E-state index contributed by atoms with van der Waals surface area (Å²) in [4.78, 5) is 12.5. The lowest BCUT2D eigenvalue weighted by Crippen LogP contribution is -2.01. The van der Waals surface area contributed by atoms with Gasteiger partial charge >= 0.3 is 0 Å². The van der Waals surface area contributed by atoms with Crippen LogP contribution in [0.4, 0.5) is 0 Å². The minimum Gasteiger partial charge on any atom is -0.508 e. The molecule has 3 aromatic carbocycles. The molecule has 0 amide bonds. The molecule has 0 aliphatic rings. The highest BCUT2D eigenvalue weighted by atomic mass is 16.3. The molecule has 0 atom stereocenters. The van der Waals surface area contributed by atoms with Crippen LogP contribution in [0.5, 0.6) is 5.75 Å². The summed E-state index contributed by atoms with van der Waals surface area (Å²) < 4.78 is 5.86. The van der Waals surface area contributed by atoms with Crippen LogP contribution in [-0.4, -0.2) is 5.11 Å². The van der Waals surface area contributed by atoms with Crippen LogP contribution in [0.1, 0.15) is 0 Å². The predicted molar refractivity (Wildman–Crippen MR) is 87.1 cm³/mol. The summed E-state index contributed by atoms with van der Waals surface area (Å²) in [6.45, 7) is 0. The van der Waals surface area contributed by atoms with Crippen LogP contribution in [0, 0.1) is 0 Å². The van der Waals surface area contributed by atoms with E-state index in [0.29, 0.717) is 21.9 Å². The van der Waals surface area contributed by atoms with Crippen molar-refractivity contribution in [2.45, 2.75) is 0 Å². The van der Waals surface area contributed by atoms with Crippen LogP contribution in [-0.2, 0) is 0 Å². The average molecular weight is 288 g/mol. The normalized spacial score (nSPS) is 11.1. The summed E-state index contributed by atoms with van der Waals surface area (Å²) in [5.41, 5.74) is 2.86. The highest BCUT2D eigenvalue weighted by Gasteiger charge is 2.08. The Balaban J connectivity index is 2.02. The number of aromatic hydroxyl groups is 1. The van der Waals surface area contributed by atoms with Crippen molar-refractivity contribution >= 4 is 21.9 Å². The molecule has 22 heavy (non-hydrogen) atoms. The van der Waals surface area contributed by atoms with E-state index in [9.17, 15) is 9.90 Å². The minimum absolute atomic E-state index is 0.0284. The highest BCUT2D eigenvalue weighted by molar-refractivity contribution is 5.91. The standard InChI is InChI=1S/C19H12O3/c20-14-5-3-4-12(10-14)13-8-9-16-18(11-13)22-17-7-2-1-6-15(17)19(16)21/h1-11,20H. The van der Waals surface area contributed by atoms with Crippen LogP contribution in [0.3, 0.4) is 0 Å². The molecule has 0 saturated heterocycles. The molecule has 0 unspecified atom stereocenters. The zero-order valence-corrected chi connectivity index (χ0v) is 11.6. The molecule has 0 spiro atoms. The van der Waals surface area contributed by atoms with Crippen molar-refractivity contribution < 1.29 is 9.52 Å². The van der Waals surface area contributed by atoms with Gasteiger partial charge in [0.05, 0.1) is 10.8 Å². The Hall–Kier alpha value is -3.07. The molecule has 106 valence electrons. The van der Waals surface area contributed by atoms with Gasteiger partial charge in [-0.3, -0.25) is 4.79 Å². The van der Waals surface area contributed by atoms with E-state index in [-0.39, 0.29) is 11.2 Å². The molecular formula is C19H12O3. The van der Waals surface area contributed by atoms with Crippen molar-refractivity contribution in [3.05, 3.63) is 77.0 Å². The number of hydrogen-bond acceptors (Lipinski definition) is 3. The van der Waals surface area contributed by atoms with E-state index in [4.69, 9.17) is 4.42 Å². The Labute approximate surface area is 126 Å². The van der Waals surface area contributed by atoms with Gasteiger partial charge in [0.15, 0.2) is 0 Å². The molecule has 0 aliphatic carbocycles. The number of hydrogen-bond donors (Lipinski definition) is 1. The van der Waals surface area contributed by atoms with E-state index in [1.165, 1.54) is 0 Å². The minimum atomic E-state index is -0.0284. The molecule has 0 aliphatic heterocycles. The van der Waals surface area contributed by atoms with E-state index in [2.05, 4.69) is 0 Å². The summed E-state index contributed by atoms with van der Waals surface area (Å²) in [6.07, 6.45) is 0. The first-order chi connectivity index (χ1) is 10.7. The summed E-state index contributed by atoms with van der Waals surface area (Å²) in [5, 5.41) is 10.7. The molecule has 1 heterocycles. The van der Waals surface area contributed by atoms with Gasteiger partial charge in [0.2, 0.25) is 5.43 Å². The molecule has 0 saturated carbocycles. The molecule has 4 aromatic rings. The van der Waals surface area contributed by atoms with E-state index in [0.717, 1.165) is 11.1 Å². The number of phenols is 1. The number of fused-ring (bicyclic) bond motifs is 2. The SMILES string of the molecule is O=c1c2ccccc2oc2cc(-c3cccc(O)c3)ccc12. The third-order valence-electron chi connectivity index (χ3n) is 3.76. The van der Waals surface area contributed by atoms with E-state index >= 15 is 0 Å². The maximum atomic E-state index is 12.5. The lowest BCUT2D eigenvalue weighted by Gasteiger charge is -2.05. The molecule has 4 rings (SSSR count). The quantitative estimate of drug-likeness (QED) is 0.531. The van der Waals surface area contributed by atoms with Crippen molar-refractivity contribution in [3.8, 4) is 16.9 Å². The van der Waals surface area contributed by atoms with Crippen molar-refractivity contribution in [3.63, 3.8) is 0 Å². The Morgan fingerprint density at radius 2 is 1.50 bits per heavy atom. The topological polar surface area (TPSA) is 50.4 Å². The summed E-state index contributed by atoms with van der Waals surface area (Å²) in [6, 6.07) is 19.7. The maximum Gasteiger partial charge on any atom is 0.200 e. The van der Waals surface area contributed by atoms with E-state index in [1.807, 2.05) is 30.3 Å². The molecule has 1 aromatic heterocycles. The molecular weight excluding hydrogens is 276 g/mol. The van der Waals surface area contributed by atoms with Gasteiger partial charge in [-0.05, 0) is 47.5 Å². The van der Waals surface area contributed by atoms with E-state index < -0.39 is 0 Å². The van der Waals surface area contributed by atoms with Gasteiger partial charge in [-0.15, -0.1) is 0 Å². The second-order valence-corrected chi connectivity index (χ2v) is 5.19. The molecule has 0 bridgehead atoms. The van der Waals surface area contributed by atoms with E-state index in [1.54, 1.807) is 36.4 Å². The maximum absolute atomic E-state index is 12.5. The number of phenolic OH excluding ortho intramolecular Hbond substituents is 1. The van der Waals surface area contributed by atoms with Crippen molar-refractivity contribution in [1.29, 1.82) is 0 Å².